The molecular weight excluding hydrogens is 510 g/mol. The van der Waals surface area contributed by atoms with Gasteiger partial charge in [0.15, 0.2) is 16.6 Å². The van der Waals surface area contributed by atoms with E-state index in [0.29, 0.717) is 29.3 Å². The number of carboxylic acid groups (broad SMARTS) is 1. The number of hydrazone groups is 1. The molecule has 9 heteroatoms. The summed E-state index contributed by atoms with van der Waals surface area (Å²) < 4.78 is 1.78. The van der Waals surface area contributed by atoms with Crippen molar-refractivity contribution in [2.24, 2.45) is 5.10 Å². The Morgan fingerprint density at radius 3 is 2.23 bits per heavy atom. The first-order valence-electron chi connectivity index (χ1n) is 12.4. The number of anilines is 1. The number of hydrogen-bond acceptors (Lipinski definition) is 5. The van der Waals surface area contributed by atoms with Gasteiger partial charge in [0.25, 0.3) is 0 Å². The third-order valence-electron chi connectivity index (χ3n) is 6.18. The fourth-order valence-corrected chi connectivity index (χ4v) is 4.19. The highest BCUT2D eigenvalue weighted by molar-refractivity contribution is 7.80. The van der Waals surface area contributed by atoms with Crippen molar-refractivity contribution in [1.29, 1.82) is 0 Å². The number of carboxylic acids is 1. The maximum atomic E-state index is 11.3. The van der Waals surface area contributed by atoms with Crippen LogP contribution in [0.2, 0.25) is 0 Å². The molecular formula is C30H31N5O3S. The van der Waals surface area contributed by atoms with Gasteiger partial charge in [0, 0.05) is 11.3 Å². The van der Waals surface area contributed by atoms with Crippen LogP contribution in [0.4, 0.5) is 5.69 Å². The molecule has 0 aliphatic rings. The predicted molar refractivity (Wildman–Crippen MR) is 159 cm³/mol. The maximum Gasteiger partial charge on any atom is 0.335 e. The van der Waals surface area contributed by atoms with E-state index in [1.807, 2.05) is 42.5 Å². The van der Waals surface area contributed by atoms with Crippen molar-refractivity contribution in [2.45, 2.75) is 39.7 Å². The first-order valence-corrected chi connectivity index (χ1v) is 12.8. The van der Waals surface area contributed by atoms with Crippen LogP contribution in [0, 0.1) is 0 Å². The molecule has 0 amide bonds. The Kier molecular flexibility index (Phi) is 8.11. The Hall–Kier alpha value is -4.50. The summed E-state index contributed by atoms with van der Waals surface area (Å²) in [5, 5.41) is 32.6. The minimum atomic E-state index is -1.00. The summed E-state index contributed by atoms with van der Waals surface area (Å²) in [5.41, 5.74) is 8.03. The second-order valence-electron chi connectivity index (χ2n) is 10.2. The summed E-state index contributed by atoms with van der Waals surface area (Å²) >= 11 is 5.32. The molecule has 0 atom stereocenters. The van der Waals surface area contributed by atoms with Crippen LogP contribution in [0.3, 0.4) is 0 Å². The van der Waals surface area contributed by atoms with Gasteiger partial charge in [0.05, 0.1) is 17.8 Å². The van der Waals surface area contributed by atoms with Crippen LogP contribution in [0.25, 0.3) is 11.3 Å². The van der Waals surface area contributed by atoms with Gasteiger partial charge in [-0.15, -0.1) is 0 Å². The molecule has 4 N–H and O–H groups in total. The molecule has 0 aliphatic carbocycles. The molecule has 0 aliphatic heterocycles. The molecule has 200 valence electrons. The number of nitrogens with zero attached hydrogens (tertiary/aromatic N) is 3. The lowest BCUT2D eigenvalue weighted by Gasteiger charge is -2.19. The van der Waals surface area contributed by atoms with Crippen LogP contribution in [0.5, 0.6) is 5.75 Å². The van der Waals surface area contributed by atoms with Crippen LogP contribution in [-0.4, -0.2) is 36.8 Å². The Balaban J connectivity index is 1.60. The first-order chi connectivity index (χ1) is 18.5. The van der Waals surface area contributed by atoms with Gasteiger partial charge < -0.3 is 15.5 Å². The van der Waals surface area contributed by atoms with Gasteiger partial charge in [-0.25, -0.2) is 4.79 Å². The highest BCUT2D eigenvalue weighted by atomic mass is 32.1. The lowest BCUT2D eigenvalue weighted by molar-refractivity contribution is 0.0697. The van der Waals surface area contributed by atoms with E-state index in [1.165, 1.54) is 17.7 Å². The number of hydrogen-bond donors (Lipinski definition) is 4. The van der Waals surface area contributed by atoms with Gasteiger partial charge in [-0.1, -0.05) is 75.4 Å². The second-order valence-corrected chi connectivity index (χ2v) is 10.6. The lowest BCUT2D eigenvalue weighted by atomic mass is 9.86. The highest BCUT2D eigenvalue weighted by Crippen LogP contribution is 2.34. The highest BCUT2D eigenvalue weighted by Gasteiger charge is 2.22. The van der Waals surface area contributed by atoms with Gasteiger partial charge in [-0.2, -0.15) is 10.2 Å². The summed E-state index contributed by atoms with van der Waals surface area (Å²) in [5.74, 6) is -0.973. The molecule has 0 fully saturated rings. The van der Waals surface area contributed by atoms with Crippen LogP contribution in [0.15, 0.2) is 84.0 Å². The molecule has 0 radical (unpaired) electrons. The molecule has 0 bridgehead atoms. The Bertz CT molecular complexity index is 1500. The quantitative estimate of drug-likeness (QED) is 0.129. The summed E-state index contributed by atoms with van der Waals surface area (Å²) in [6.45, 7) is 8.69. The zero-order valence-electron chi connectivity index (χ0n) is 22.3. The van der Waals surface area contributed by atoms with E-state index in [9.17, 15) is 9.90 Å². The summed E-state index contributed by atoms with van der Waals surface area (Å²) in [6.07, 6.45) is 0. The summed E-state index contributed by atoms with van der Waals surface area (Å²) in [6, 6.07) is 24.3. The average molecular weight is 542 g/mol. The SMILES string of the molecule is C/C(=N\NC(=S)Nc1ccc(C(=O)O)cc1)c1nn(Cc2ccccc2)c(-c2ccc(C(C)(C)C)cc2)c1O. The minimum Gasteiger partial charge on any atom is -0.504 e. The molecule has 39 heavy (non-hydrogen) atoms. The second kappa shape index (κ2) is 11.5. The largest absolute Gasteiger partial charge is 0.504 e. The van der Waals surface area contributed by atoms with Crippen molar-refractivity contribution >= 4 is 34.7 Å². The molecule has 0 spiro atoms. The topological polar surface area (TPSA) is 112 Å². The zero-order valence-corrected chi connectivity index (χ0v) is 23.1. The fraction of sp³-hybridized carbons (Fsp3) is 0.200. The van der Waals surface area contributed by atoms with Gasteiger partial charge in [0.1, 0.15) is 5.69 Å². The Labute approximate surface area is 233 Å². The molecule has 1 aromatic heterocycles. The Morgan fingerprint density at radius 2 is 1.64 bits per heavy atom. The molecule has 1 heterocycles. The molecule has 4 rings (SSSR count). The van der Waals surface area contributed by atoms with Crippen molar-refractivity contribution in [1.82, 2.24) is 15.2 Å². The van der Waals surface area contributed by atoms with Crippen molar-refractivity contribution in [3.63, 3.8) is 0 Å². The van der Waals surface area contributed by atoms with Crippen molar-refractivity contribution < 1.29 is 15.0 Å². The van der Waals surface area contributed by atoms with E-state index >= 15 is 0 Å². The zero-order chi connectivity index (χ0) is 28.2. The molecule has 4 aromatic rings. The number of aromatic hydroxyl groups is 1. The van der Waals surface area contributed by atoms with Gasteiger partial charge in [-0.3, -0.25) is 10.1 Å². The number of benzene rings is 3. The van der Waals surface area contributed by atoms with Gasteiger partial charge in [0.2, 0.25) is 0 Å². The minimum absolute atomic E-state index is 0.00961. The standard InChI is InChI=1S/C30H31N5O3S/c1-19(32-33-29(39)31-24-16-12-22(13-17-24)28(37)38)25-27(36)26(21-10-14-23(15-11-21)30(2,3)4)35(34-25)18-20-8-6-5-7-9-20/h5-17,36H,18H2,1-4H3,(H,37,38)(H2,31,33,39)/b32-19+. The lowest BCUT2D eigenvalue weighted by Crippen LogP contribution is -2.25. The number of aromatic nitrogens is 2. The average Bonchev–Trinajstić information content (AvgIpc) is 3.23. The number of nitrogens with one attached hydrogen (secondary N) is 2. The van der Waals surface area contributed by atoms with Crippen molar-refractivity contribution in [3.8, 4) is 17.0 Å². The van der Waals surface area contributed by atoms with Crippen LogP contribution in [-0.2, 0) is 12.0 Å². The predicted octanol–water partition coefficient (Wildman–Crippen LogP) is 6.01. The summed E-state index contributed by atoms with van der Waals surface area (Å²) in [7, 11) is 0. The van der Waals surface area contributed by atoms with E-state index in [4.69, 9.17) is 22.4 Å². The van der Waals surface area contributed by atoms with Crippen LogP contribution in [0.1, 0.15) is 54.9 Å². The smallest absolute Gasteiger partial charge is 0.335 e. The van der Waals surface area contributed by atoms with Crippen molar-refractivity contribution in [3.05, 3.63) is 101 Å². The van der Waals surface area contributed by atoms with Crippen LogP contribution < -0.4 is 10.7 Å². The van der Waals surface area contributed by atoms with E-state index in [-0.39, 0.29) is 21.8 Å². The molecule has 3 aromatic carbocycles. The fourth-order valence-electron chi connectivity index (χ4n) is 4.02. The van der Waals surface area contributed by atoms with Gasteiger partial charge in [-0.05, 0) is 59.9 Å². The third kappa shape index (κ3) is 6.69. The molecule has 8 nitrogen and oxygen atoms in total. The number of rotatable bonds is 7. The van der Waals surface area contributed by atoms with E-state index < -0.39 is 5.97 Å². The molecule has 0 saturated carbocycles. The number of carbonyl (C=O) groups is 1. The normalized spacial score (nSPS) is 11.7. The number of thiocarbonyl (C=S) groups is 1. The molecule has 0 saturated heterocycles. The Morgan fingerprint density at radius 1 is 1.00 bits per heavy atom. The number of aromatic carboxylic acids is 1. The maximum absolute atomic E-state index is 11.3. The third-order valence-corrected chi connectivity index (χ3v) is 6.38. The van der Waals surface area contributed by atoms with E-state index in [2.05, 4.69) is 48.7 Å². The first kappa shape index (κ1) is 27.5. The van der Waals surface area contributed by atoms with Crippen molar-refractivity contribution in [2.75, 3.05) is 5.32 Å². The molecule has 0 unspecified atom stereocenters. The summed E-state index contributed by atoms with van der Waals surface area (Å²) in [4.78, 5) is 11.0. The monoisotopic (exact) mass is 541 g/mol. The van der Waals surface area contributed by atoms with E-state index in [0.717, 1.165) is 11.1 Å². The van der Waals surface area contributed by atoms with Crippen LogP contribution >= 0.6 is 12.2 Å². The van der Waals surface area contributed by atoms with Gasteiger partial charge >= 0.3 is 5.97 Å². The van der Waals surface area contributed by atoms with E-state index in [1.54, 1.807) is 23.7 Å².